The van der Waals surface area contributed by atoms with Crippen molar-refractivity contribution in [3.8, 4) is 0 Å². The van der Waals surface area contributed by atoms with Crippen molar-refractivity contribution >= 4 is 53.2 Å². The van der Waals surface area contributed by atoms with Gasteiger partial charge in [-0.1, -0.05) is 149 Å². The number of nitrogens with one attached hydrogen (secondary N) is 8. The topological polar surface area (TPSA) is 374 Å². The summed E-state index contributed by atoms with van der Waals surface area (Å²) in [6.07, 6.45) is 3.41. The van der Waals surface area contributed by atoms with Crippen LogP contribution in [0.5, 0.6) is 0 Å². The summed E-state index contributed by atoms with van der Waals surface area (Å²) >= 11 is 0. The van der Waals surface area contributed by atoms with Gasteiger partial charge in [-0.25, -0.2) is 4.79 Å². The molecule has 0 aliphatic rings. The minimum absolute atomic E-state index is 0.0496. The van der Waals surface area contributed by atoms with Gasteiger partial charge < -0.3 is 70.6 Å². The van der Waals surface area contributed by atoms with Gasteiger partial charge in [0.1, 0.15) is 42.3 Å². The summed E-state index contributed by atoms with van der Waals surface area (Å²) in [6, 6.07) is 26.9. The van der Waals surface area contributed by atoms with E-state index in [1.165, 1.54) is 0 Å². The van der Waals surface area contributed by atoms with Crippen LogP contribution in [0.25, 0.3) is 0 Å². The van der Waals surface area contributed by atoms with Crippen molar-refractivity contribution in [1.82, 2.24) is 42.5 Å². The fraction of sp³-hybridized carbons (Fsp3) is 0.500. The van der Waals surface area contributed by atoms with Crippen molar-refractivity contribution in [2.24, 2.45) is 34.8 Å². The molecule has 17 N–H and O–H groups in total. The number of carboxylic acid groups (broad SMARTS) is 1. The normalized spacial score (nSPS) is 14.3. The molecule has 88 heavy (non-hydrogen) atoms. The second kappa shape index (κ2) is 39.7. The van der Waals surface area contributed by atoms with Gasteiger partial charge in [-0.15, -0.1) is 0 Å². The summed E-state index contributed by atoms with van der Waals surface area (Å²) < 4.78 is 0. The molecule has 9 atom stereocenters. The number of aliphatic carboxylic acids is 1. The first-order valence-electron chi connectivity index (χ1n) is 30.9. The molecule has 0 bridgehead atoms. The van der Waals surface area contributed by atoms with E-state index in [0.717, 1.165) is 22.3 Å². The highest BCUT2D eigenvalue weighted by Gasteiger charge is 2.34. The molecule has 4 rings (SSSR count). The molecule has 0 unspecified atom stereocenters. The largest absolute Gasteiger partial charge is 0.480 e. The van der Waals surface area contributed by atoms with Crippen LogP contribution in [0.2, 0.25) is 0 Å². The van der Waals surface area contributed by atoms with Crippen molar-refractivity contribution in [1.29, 1.82) is 0 Å². The van der Waals surface area contributed by atoms with Crippen molar-refractivity contribution in [3.63, 3.8) is 0 Å². The maximum absolute atomic E-state index is 14.2. The van der Waals surface area contributed by atoms with Crippen LogP contribution < -0.4 is 65.5 Å². The van der Waals surface area contributed by atoms with Gasteiger partial charge in [0.2, 0.25) is 47.3 Å². The molecule has 22 nitrogen and oxygen atoms in total. The third-order valence-electron chi connectivity index (χ3n) is 14.9. The van der Waals surface area contributed by atoms with E-state index in [1.807, 2.05) is 137 Å². The number of benzene rings is 4. The number of rotatable bonds is 41. The van der Waals surface area contributed by atoms with Crippen molar-refractivity contribution in [3.05, 3.63) is 144 Å². The SMILES string of the molecule is CC(C)CC[C@@H](NC(=O)[C@@H](Cc1ccccc1)NC(=O)[C@H](N)Cc1ccccc1)C(=O)N[C@H](CCCN)C(=O)N[C@H](CCCCNC(=O)[C@@H](CCCN)NC(=O)[C@@H](CC(C)C)NC(=O)[C@@H](CCc1ccccc1)NC(=O)[C@H](N)Cc1ccccc1)C(=O)O. The number of carboxylic acids is 1. The second-order valence-corrected chi connectivity index (χ2v) is 23.3. The molecule has 0 spiro atoms. The zero-order valence-corrected chi connectivity index (χ0v) is 51.6. The number of hydrogen-bond donors (Lipinski definition) is 13. The van der Waals surface area contributed by atoms with Crippen molar-refractivity contribution < 1.29 is 48.3 Å². The number of nitrogens with two attached hydrogens (primary N) is 4. The zero-order chi connectivity index (χ0) is 64.4. The third-order valence-corrected chi connectivity index (χ3v) is 14.9. The van der Waals surface area contributed by atoms with E-state index < -0.39 is 108 Å². The van der Waals surface area contributed by atoms with E-state index in [0.29, 0.717) is 19.3 Å². The molecule has 0 heterocycles. The summed E-state index contributed by atoms with van der Waals surface area (Å²) in [5, 5.41) is 32.5. The molecular formula is C66H96N12O10. The lowest BCUT2D eigenvalue weighted by molar-refractivity contribution is -0.142. The van der Waals surface area contributed by atoms with Crippen LogP contribution in [0, 0.1) is 11.8 Å². The Bertz CT molecular complexity index is 2780. The fourth-order valence-electron chi connectivity index (χ4n) is 9.84. The fourth-order valence-corrected chi connectivity index (χ4v) is 9.84. The molecule has 480 valence electrons. The van der Waals surface area contributed by atoms with Gasteiger partial charge in [0.15, 0.2) is 0 Å². The van der Waals surface area contributed by atoms with E-state index in [4.69, 9.17) is 22.9 Å². The van der Waals surface area contributed by atoms with Crippen LogP contribution in [0.15, 0.2) is 121 Å². The zero-order valence-electron chi connectivity index (χ0n) is 51.6. The smallest absolute Gasteiger partial charge is 0.326 e. The Morgan fingerprint density at radius 2 is 0.716 bits per heavy atom. The lowest BCUT2D eigenvalue weighted by atomic mass is 10.00. The van der Waals surface area contributed by atoms with Crippen LogP contribution in [0.4, 0.5) is 0 Å². The molecule has 0 saturated carbocycles. The van der Waals surface area contributed by atoms with Gasteiger partial charge in [-0.2, -0.15) is 0 Å². The van der Waals surface area contributed by atoms with Gasteiger partial charge >= 0.3 is 5.97 Å². The Kier molecular flexibility index (Phi) is 32.7. The quantitative estimate of drug-likeness (QED) is 0.0284. The minimum atomic E-state index is -1.39. The summed E-state index contributed by atoms with van der Waals surface area (Å²) in [5.41, 5.74) is 27.7. The molecule has 0 aliphatic heterocycles. The Labute approximate surface area is 518 Å². The van der Waals surface area contributed by atoms with Gasteiger partial charge in [0.25, 0.3) is 0 Å². The summed E-state index contributed by atoms with van der Waals surface area (Å²) in [7, 11) is 0. The number of amides is 8. The van der Waals surface area contributed by atoms with Crippen molar-refractivity contribution in [2.75, 3.05) is 19.6 Å². The Balaban J connectivity index is 1.38. The van der Waals surface area contributed by atoms with Crippen LogP contribution in [0.3, 0.4) is 0 Å². The van der Waals surface area contributed by atoms with Crippen LogP contribution >= 0.6 is 0 Å². The number of carbonyl (C=O) groups is 9. The van der Waals surface area contributed by atoms with Gasteiger partial charge in [-0.3, -0.25) is 38.4 Å². The van der Waals surface area contributed by atoms with E-state index in [1.54, 1.807) is 12.1 Å². The number of unbranched alkanes of at least 4 members (excludes halogenated alkanes) is 1. The molecule has 4 aromatic rings. The lowest BCUT2D eigenvalue weighted by Crippen LogP contribution is -2.59. The molecule has 4 aromatic carbocycles. The first-order chi connectivity index (χ1) is 42.2. The predicted octanol–water partition coefficient (Wildman–Crippen LogP) is 2.73. The van der Waals surface area contributed by atoms with Gasteiger partial charge in [0.05, 0.1) is 12.1 Å². The van der Waals surface area contributed by atoms with Crippen LogP contribution in [-0.4, -0.2) is 132 Å². The van der Waals surface area contributed by atoms with E-state index >= 15 is 0 Å². The summed E-state index contributed by atoms with van der Waals surface area (Å²) in [5.74, 6) is -6.22. The second-order valence-electron chi connectivity index (χ2n) is 23.3. The first kappa shape index (κ1) is 72.4. The Hall–Kier alpha value is -8.05. The average molecular weight is 1220 g/mol. The first-order valence-corrected chi connectivity index (χ1v) is 30.9. The van der Waals surface area contributed by atoms with E-state index in [9.17, 15) is 48.3 Å². The molecule has 0 radical (unpaired) electrons. The molecular weight excluding hydrogens is 1120 g/mol. The van der Waals surface area contributed by atoms with Gasteiger partial charge in [0, 0.05) is 13.0 Å². The summed E-state index contributed by atoms with van der Waals surface area (Å²) in [4.78, 5) is 124. The third kappa shape index (κ3) is 27.3. The standard InChI is InChI=1S/C66H96N12O10/c1-43(2)32-34-53(75-65(86)57(42-48-27-15-8-16-28-48)77-59(80)50(70)41-47-25-13-7-14-26-47)62(83)74-52(31-20-37-68)61(82)76-55(66(87)88)29-17-18-38-71-60(81)51(30-19-36-67)73-64(85)56(39-44(3)4)78-63(84)54(35-33-45-21-9-5-10-22-45)72-58(79)49(69)40-46-23-11-6-12-24-46/h5-16,21-28,43-44,49-57H,17-20,29-42,67-70H2,1-4H3,(H,71,81)(H,72,79)(H,73,85)(H,74,83)(H,75,86)(H,76,82)(H,77,80)(H,78,84)(H,87,88)/t49-,50-,51-,52-,53-,54-,55-,56-,57-/m1/s1. The average Bonchev–Trinajstić information content (AvgIpc) is 3.63. The van der Waals surface area contributed by atoms with Crippen LogP contribution in [0.1, 0.15) is 121 Å². The molecule has 0 saturated heterocycles. The molecule has 8 amide bonds. The molecule has 0 aromatic heterocycles. The minimum Gasteiger partial charge on any atom is -0.480 e. The maximum Gasteiger partial charge on any atom is 0.326 e. The predicted molar refractivity (Wildman–Crippen MR) is 339 cm³/mol. The maximum atomic E-state index is 14.2. The molecule has 0 fully saturated rings. The summed E-state index contributed by atoms with van der Waals surface area (Å²) in [6.45, 7) is 8.13. The number of aryl methyl sites for hydroxylation is 1. The van der Waals surface area contributed by atoms with Gasteiger partial charge in [-0.05, 0) is 137 Å². The highest BCUT2D eigenvalue weighted by Crippen LogP contribution is 2.15. The van der Waals surface area contributed by atoms with Crippen LogP contribution in [-0.2, 0) is 68.8 Å². The van der Waals surface area contributed by atoms with E-state index in [2.05, 4.69) is 42.5 Å². The van der Waals surface area contributed by atoms with E-state index in [-0.39, 0.29) is 109 Å². The van der Waals surface area contributed by atoms with Crippen molar-refractivity contribution in [2.45, 2.75) is 178 Å². The lowest BCUT2D eigenvalue weighted by Gasteiger charge is -2.27. The Morgan fingerprint density at radius 1 is 0.364 bits per heavy atom. The molecule has 22 heteroatoms. The number of carbonyl (C=O) groups excluding carboxylic acids is 8. The monoisotopic (exact) mass is 1220 g/mol. The Morgan fingerprint density at radius 3 is 1.16 bits per heavy atom. The highest BCUT2D eigenvalue weighted by molar-refractivity contribution is 5.96. The highest BCUT2D eigenvalue weighted by atomic mass is 16.4. The molecule has 0 aliphatic carbocycles. The number of hydrogen-bond acceptors (Lipinski definition) is 13.